The topological polar surface area (TPSA) is 87.7 Å². The average molecular weight is 239 g/mol. The van der Waals surface area contributed by atoms with Crippen molar-refractivity contribution >= 4 is 17.4 Å². The second-order valence-electron chi connectivity index (χ2n) is 3.82. The Hall–Kier alpha value is -2.11. The van der Waals surface area contributed by atoms with Crippen LogP contribution in [0.15, 0.2) is 23.4 Å². The Morgan fingerprint density at radius 3 is 2.71 bits per heavy atom. The quantitative estimate of drug-likeness (QED) is 0.323. The van der Waals surface area contributed by atoms with E-state index in [1.807, 2.05) is 0 Å². The van der Waals surface area contributed by atoms with E-state index in [0.717, 1.165) is 6.07 Å². The third-order valence-electron chi connectivity index (χ3n) is 2.15. The van der Waals surface area contributed by atoms with Gasteiger partial charge in [-0.2, -0.15) is 0 Å². The van der Waals surface area contributed by atoms with Crippen LogP contribution in [0.4, 0.5) is 10.1 Å². The molecule has 5 nitrogen and oxygen atoms in total. The van der Waals surface area contributed by atoms with Crippen molar-refractivity contribution in [3.8, 4) is 0 Å². The normalized spacial score (nSPS) is 11.6. The smallest absolute Gasteiger partial charge is 0.226 e. The van der Waals surface area contributed by atoms with Gasteiger partial charge in [0.2, 0.25) is 5.91 Å². The predicted molar refractivity (Wildman–Crippen MR) is 62.4 cm³/mol. The summed E-state index contributed by atoms with van der Waals surface area (Å²) in [7, 11) is 0. The average Bonchev–Trinajstić information content (AvgIpc) is 2.30. The molecule has 1 aromatic carbocycles. The second kappa shape index (κ2) is 5.29. The first-order chi connectivity index (χ1) is 7.95. The van der Waals surface area contributed by atoms with Gasteiger partial charge in [0, 0.05) is 11.5 Å². The Bertz CT molecular complexity index is 458. The van der Waals surface area contributed by atoms with E-state index in [1.165, 1.54) is 12.1 Å². The number of hydrogen-bond donors (Lipinski definition) is 3. The number of anilines is 1. The molecular formula is C11H14FN3O2. The van der Waals surface area contributed by atoms with Crippen LogP contribution in [0.1, 0.15) is 19.4 Å². The van der Waals surface area contributed by atoms with Gasteiger partial charge in [0.1, 0.15) is 5.82 Å². The molecule has 0 fully saturated rings. The molecule has 0 saturated carbocycles. The lowest BCUT2D eigenvalue weighted by molar-refractivity contribution is -0.118. The Balaban J connectivity index is 3.11. The number of nitrogens with one attached hydrogen (secondary N) is 1. The molecule has 1 amide bonds. The monoisotopic (exact) mass is 239 g/mol. The van der Waals surface area contributed by atoms with Gasteiger partial charge in [0.25, 0.3) is 0 Å². The lowest BCUT2D eigenvalue weighted by atomic mass is 10.1. The molecule has 6 heteroatoms. The first-order valence-electron chi connectivity index (χ1n) is 5.04. The fourth-order valence-corrected chi connectivity index (χ4v) is 1.17. The number of carbonyl (C=O) groups excluding carboxylic acids is 1. The zero-order chi connectivity index (χ0) is 13.0. The summed E-state index contributed by atoms with van der Waals surface area (Å²) in [6, 6.07) is 3.64. The Morgan fingerprint density at radius 1 is 1.53 bits per heavy atom. The number of oxime groups is 1. The highest BCUT2D eigenvalue weighted by Crippen LogP contribution is 2.17. The summed E-state index contributed by atoms with van der Waals surface area (Å²) in [4.78, 5) is 11.5. The van der Waals surface area contributed by atoms with Gasteiger partial charge in [0.05, 0.1) is 5.69 Å². The lowest BCUT2D eigenvalue weighted by Crippen LogP contribution is -2.22. The molecule has 0 unspecified atom stereocenters. The highest BCUT2D eigenvalue weighted by Gasteiger charge is 2.13. The summed E-state index contributed by atoms with van der Waals surface area (Å²) in [5.74, 6) is -1.25. The summed E-state index contributed by atoms with van der Waals surface area (Å²) in [5.41, 5.74) is 5.84. The number of carbonyl (C=O) groups is 1. The molecule has 0 saturated heterocycles. The third-order valence-corrected chi connectivity index (χ3v) is 2.15. The fraction of sp³-hybridized carbons (Fsp3) is 0.273. The van der Waals surface area contributed by atoms with E-state index in [9.17, 15) is 9.18 Å². The molecule has 0 aliphatic carbocycles. The maximum absolute atomic E-state index is 13.0. The van der Waals surface area contributed by atoms with Crippen LogP contribution in [-0.2, 0) is 4.79 Å². The van der Waals surface area contributed by atoms with Crippen LogP contribution in [-0.4, -0.2) is 17.0 Å². The van der Waals surface area contributed by atoms with Gasteiger partial charge >= 0.3 is 0 Å². The second-order valence-corrected chi connectivity index (χ2v) is 3.82. The van der Waals surface area contributed by atoms with Gasteiger partial charge in [-0.25, -0.2) is 4.39 Å². The van der Waals surface area contributed by atoms with E-state index in [2.05, 4.69) is 10.5 Å². The van der Waals surface area contributed by atoms with Crippen LogP contribution < -0.4 is 11.1 Å². The van der Waals surface area contributed by atoms with Crippen molar-refractivity contribution < 1.29 is 14.4 Å². The minimum Gasteiger partial charge on any atom is -0.409 e. The zero-order valence-corrected chi connectivity index (χ0v) is 9.57. The highest BCUT2D eigenvalue weighted by molar-refractivity contribution is 6.05. The SMILES string of the molecule is CC(C)C(=O)Nc1ccc(F)cc1/C(N)=N/O. The highest BCUT2D eigenvalue weighted by atomic mass is 19.1. The van der Waals surface area contributed by atoms with Gasteiger partial charge in [-0.1, -0.05) is 19.0 Å². The molecule has 17 heavy (non-hydrogen) atoms. The first kappa shape index (κ1) is 13.0. The van der Waals surface area contributed by atoms with E-state index in [4.69, 9.17) is 10.9 Å². The number of hydrogen-bond acceptors (Lipinski definition) is 3. The van der Waals surface area contributed by atoms with Crippen LogP contribution in [0.5, 0.6) is 0 Å². The minimum atomic E-state index is -0.533. The summed E-state index contributed by atoms with van der Waals surface area (Å²) < 4.78 is 13.0. The van der Waals surface area contributed by atoms with Crippen molar-refractivity contribution in [2.24, 2.45) is 16.8 Å². The maximum Gasteiger partial charge on any atom is 0.226 e. The molecule has 1 aromatic rings. The molecular weight excluding hydrogens is 225 g/mol. The van der Waals surface area contributed by atoms with Gasteiger partial charge in [-0.05, 0) is 18.2 Å². The van der Waals surface area contributed by atoms with Crippen molar-refractivity contribution in [3.05, 3.63) is 29.6 Å². The van der Waals surface area contributed by atoms with Gasteiger partial charge in [-0.15, -0.1) is 0 Å². The number of rotatable bonds is 3. The molecule has 0 atom stereocenters. The molecule has 0 aliphatic rings. The summed E-state index contributed by atoms with van der Waals surface area (Å²) in [5, 5.41) is 13.9. The molecule has 92 valence electrons. The number of nitrogens with zero attached hydrogens (tertiary/aromatic N) is 1. The molecule has 0 aromatic heterocycles. The van der Waals surface area contributed by atoms with Crippen molar-refractivity contribution in [1.29, 1.82) is 0 Å². The van der Waals surface area contributed by atoms with E-state index in [1.54, 1.807) is 13.8 Å². The van der Waals surface area contributed by atoms with Gasteiger partial charge in [0.15, 0.2) is 5.84 Å². The third kappa shape index (κ3) is 3.17. The number of benzene rings is 1. The van der Waals surface area contributed by atoms with Crippen molar-refractivity contribution in [2.75, 3.05) is 5.32 Å². The minimum absolute atomic E-state index is 0.140. The van der Waals surface area contributed by atoms with Crippen molar-refractivity contribution in [1.82, 2.24) is 0 Å². The summed E-state index contributed by atoms with van der Waals surface area (Å²) in [6.07, 6.45) is 0. The van der Waals surface area contributed by atoms with E-state index in [-0.39, 0.29) is 23.2 Å². The first-order valence-corrected chi connectivity index (χ1v) is 5.04. The number of nitrogens with two attached hydrogens (primary N) is 1. The van der Waals surface area contributed by atoms with E-state index in [0.29, 0.717) is 5.69 Å². The molecule has 0 aliphatic heterocycles. The summed E-state index contributed by atoms with van der Waals surface area (Å²) in [6.45, 7) is 3.45. The van der Waals surface area contributed by atoms with Gasteiger partial charge in [-0.3, -0.25) is 4.79 Å². The fourth-order valence-electron chi connectivity index (χ4n) is 1.17. The van der Waals surface area contributed by atoms with Crippen LogP contribution in [0, 0.1) is 11.7 Å². The van der Waals surface area contributed by atoms with Crippen LogP contribution in [0.25, 0.3) is 0 Å². The maximum atomic E-state index is 13.0. The van der Waals surface area contributed by atoms with E-state index >= 15 is 0 Å². The molecule has 0 bridgehead atoms. The predicted octanol–water partition coefficient (Wildman–Crippen LogP) is 1.51. The number of amides is 1. The molecule has 4 N–H and O–H groups in total. The standard InChI is InChI=1S/C11H14FN3O2/c1-6(2)11(16)14-9-4-3-7(12)5-8(9)10(13)15-17/h3-6,17H,1-2H3,(H2,13,15)(H,14,16). The zero-order valence-electron chi connectivity index (χ0n) is 9.57. The Morgan fingerprint density at radius 2 is 2.18 bits per heavy atom. The van der Waals surface area contributed by atoms with E-state index < -0.39 is 5.82 Å². The van der Waals surface area contributed by atoms with Gasteiger partial charge < -0.3 is 16.3 Å². The Labute approximate surface area is 98.1 Å². The molecule has 0 spiro atoms. The van der Waals surface area contributed by atoms with Crippen molar-refractivity contribution in [2.45, 2.75) is 13.8 Å². The number of halogens is 1. The Kier molecular flexibility index (Phi) is 4.03. The summed E-state index contributed by atoms with van der Waals surface area (Å²) >= 11 is 0. The molecule has 0 radical (unpaired) electrons. The van der Waals surface area contributed by atoms with Crippen molar-refractivity contribution in [3.63, 3.8) is 0 Å². The largest absolute Gasteiger partial charge is 0.409 e. The number of amidine groups is 1. The van der Waals surface area contributed by atoms with Crippen LogP contribution in [0.3, 0.4) is 0 Å². The molecule has 1 rings (SSSR count). The van der Waals surface area contributed by atoms with Crippen LogP contribution in [0.2, 0.25) is 0 Å². The molecule has 0 heterocycles. The van der Waals surface area contributed by atoms with Crippen LogP contribution >= 0.6 is 0 Å². The lowest BCUT2D eigenvalue weighted by Gasteiger charge is -2.11.